The third-order valence-corrected chi connectivity index (χ3v) is 27.0. The molecule has 380 valence electrons. The predicted octanol–water partition coefficient (Wildman–Crippen LogP) is 1.73. The Morgan fingerprint density at radius 2 is 1.23 bits per heavy atom. The van der Waals surface area contributed by atoms with Gasteiger partial charge >= 0.3 is 12.4 Å². The van der Waals surface area contributed by atoms with Gasteiger partial charge in [0.1, 0.15) is 45.4 Å². The lowest BCUT2D eigenvalue weighted by molar-refractivity contribution is -0.184. The van der Waals surface area contributed by atoms with Crippen molar-refractivity contribution in [3.8, 4) is 0 Å². The number of hydrogen-bond acceptors (Lipinski definition) is 18. The second-order valence-electron chi connectivity index (χ2n) is 19.6. The van der Waals surface area contributed by atoms with Crippen molar-refractivity contribution in [3.05, 3.63) is 0 Å². The van der Waals surface area contributed by atoms with Crippen LogP contribution in [0.2, 0.25) is 0 Å². The molecule has 0 aromatic heterocycles. The quantitative estimate of drug-likeness (QED) is 0.247. The second kappa shape index (κ2) is 16.5. The van der Waals surface area contributed by atoms with E-state index in [2.05, 4.69) is 12.5 Å². The van der Waals surface area contributed by atoms with Gasteiger partial charge in [-0.2, -0.15) is 51.6 Å². The highest BCUT2D eigenvalue weighted by Gasteiger charge is 2.81. The largest absolute Gasteiger partial charge is 0.413 e. The number of alkyl halides is 6. The second-order valence-corrected chi connectivity index (χ2v) is 31.8. The molecule has 17 unspecified atom stereocenters. The van der Waals surface area contributed by atoms with E-state index < -0.39 is 131 Å². The van der Waals surface area contributed by atoms with E-state index in [1.54, 1.807) is 0 Å². The summed E-state index contributed by atoms with van der Waals surface area (Å²) in [4.78, 5) is 0. The van der Waals surface area contributed by atoms with E-state index in [4.69, 9.17) is 14.2 Å². The summed E-state index contributed by atoms with van der Waals surface area (Å²) in [5.74, 6) is 2.26. The third kappa shape index (κ3) is 8.80. The number of sulfone groups is 3. The van der Waals surface area contributed by atoms with Crippen molar-refractivity contribution in [3.63, 3.8) is 0 Å². The standard InChI is InChI=1S/C8H12O2S.2C7H7F3O4S.C7H10O3S.C4H8O2S.C3H6O3S/c9-11(10)4-6-1-5-2-7(6)8(11)3-5;8-7(9,10)6-2-3-1-4(5(6)13-3)14-15(6,11)12;8-7(9,10)4-2-1-3-5(13-2)6(4)15(11,12)14-3;8-11(9)3-4-1-5-2-6(11)7(4)10-5;5-7(6)3-1-2-4-7;4-7(5)3-1-2-6-7/h5-8H,1-4H2;3-5H,1-2H2;2-6H,1H2;4-7H,1-3H2;1-4H2;1-3H2. The first-order chi connectivity index (χ1) is 30.3. The van der Waals surface area contributed by atoms with Crippen LogP contribution in [0.3, 0.4) is 0 Å². The summed E-state index contributed by atoms with van der Waals surface area (Å²) in [5.41, 5.74) is 0. The molecule has 30 heteroatoms. The monoisotopic (exact) mass is 1080 g/mol. The van der Waals surface area contributed by atoms with Crippen LogP contribution in [0.5, 0.6) is 0 Å². The van der Waals surface area contributed by atoms with Gasteiger partial charge in [0.2, 0.25) is 4.75 Å². The van der Waals surface area contributed by atoms with Gasteiger partial charge in [-0.15, -0.1) is 0 Å². The Labute approximate surface area is 379 Å². The number of ether oxygens (including phenoxy) is 3. The fourth-order valence-corrected chi connectivity index (χ4v) is 24.1. The van der Waals surface area contributed by atoms with Crippen LogP contribution in [-0.2, 0) is 86.6 Å². The molecule has 8 bridgehead atoms. The van der Waals surface area contributed by atoms with E-state index in [1.807, 2.05) is 0 Å². The lowest BCUT2D eigenvalue weighted by atomic mass is 9.86. The highest BCUT2D eigenvalue weighted by atomic mass is 32.2. The van der Waals surface area contributed by atoms with Gasteiger partial charge in [-0.05, 0) is 69.1 Å². The van der Waals surface area contributed by atoms with E-state index in [0.29, 0.717) is 53.8 Å². The van der Waals surface area contributed by atoms with Crippen LogP contribution in [0, 0.1) is 29.6 Å². The van der Waals surface area contributed by atoms with Crippen LogP contribution in [0.15, 0.2) is 0 Å². The molecule has 0 aromatic carbocycles. The molecule has 2 saturated carbocycles. The van der Waals surface area contributed by atoms with Crippen molar-refractivity contribution in [2.75, 3.05) is 35.4 Å². The molecule has 0 radical (unpaired) electrons. The van der Waals surface area contributed by atoms with Gasteiger partial charge < -0.3 is 14.2 Å². The van der Waals surface area contributed by atoms with Crippen LogP contribution in [0.1, 0.15) is 70.6 Å². The number of hydrogen-bond donors (Lipinski definition) is 0. The van der Waals surface area contributed by atoms with Crippen molar-refractivity contribution < 1.29 is 104 Å². The maximum absolute atomic E-state index is 12.9. The molecule has 0 N–H and O–H groups in total. The average molecular weight is 1080 g/mol. The van der Waals surface area contributed by atoms with Gasteiger partial charge in [0.25, 0.3) is 30.4 Å². The van der Waals surface area contributed by atoms with Crippen molar-refractivity contribution in [2.45, 2.75) is 152 Å². The summed E-state index contributed by atoms with van der Waals surface area (Å²) in [7, 11) is -19.7. The number of halogens is 6. The fourth-order valence-electron chi connectivity index (χ4n) is 12.9. The molecule has 0 amide bonds. The minimum absolute atomic E-state index is 0.0184. The molecule has 18 nitrogen and oxygen atoms in total. The van der Waals surface area contributed by atoms with Crippen LogP contribution in [-0.4, -0.2) is 168 Å². The number of fused-ring (bicyclic) bond motifs is 4. The van der Waals surface area contributed by atoms with E-state index in [-0.39, 0.29) is 41.3 Å². The Bertz CT molecular complexity index is 2480. The molecule has 14 rings (SSSR count). The molecular weight excluding hydrogens is 1030 g/mol. The van der Waals surface area contributed by atoms with Crippen LogP contribution in [0.25, 0.3) is 0 Å². The fraction of sp³-hybridized carbons (Fsp3) is 1.00. The Morgan fingerprint density at radius 3 is 1.68 bits per heavy atom. The highest BCUT2D eigenvalue weighted by molar-refractivity contribution is 7.92. The Kier molecular flexibility index (Phi) is 12.5. The summed E-state index contributed by atoms with van der Waals surface area (Å²) >= 11 is 0. The maximum atomic E-state index is 12.9. The molecule has 66 heavy (non-hydrogen) atoms. The van der Waals surface area contributed by atoms with Gasteiger partial charge in [0.05, 0.1) is 70.3 Å². The molecule has 12 aliphatic heterocycles. The predicted molar refractivity (Wildman–Crippen MR) is 214 cm³/mol. The summed E-state index contributed by atoms with van der Waals surface area (Å²) in [6, 6.07) is 0. The first-order valence-electron chi connectivity index (χ1n) is 21.8. The molecule has 2 aliphatic carbocycles. The Morgan fingerprint density at radius 1 is 0.561 bits per heavy atom. The molecular formula is C36H50F6O18S6. The minimum atomic E-state index is -4.83. The molecule has 14 aliphatic rings. The summed E-state index contributed by atoms with van der Waals surface area (Å²) in [5, 5.41) is -1.60. The zero-order chi connectivity index (χ0) is 48.0. The maximum Gasteiger partial charge on any atom is 0.413 e. The molecule has 17 atom stereocenters. The van der Waals surface area contributed by atoms with Crippen molar-refractivity contribution in [2.24, 2.45) is 29.6 Å². The molecule has 14 fully saturated rings. The zero-order valence-corrected chi connectivity index (χ0v) is 39.7. The number of rotatable bonds is 0. The smallest absolute Gasteiger partial charge is 0.373 e. The topological polar surface area (TPSA) is 260 Å². The lowest BCUT2D eigenvalue weighted by Crippen LogP contribution is -2.55. The van der Waals surface area contributed by atoms with Gasteiger partial charge in [-0.1, -0.05) is 0 Å². The molecule has 12 heterocycles. The normalized spacial score (nSPS) is 48.3. The third-order valence-electron chi connectivity index (χ3n) is 15.5. The van der Waals surface area contributed by atoms with E-state index in [9.17, 15) is 76.8 Å². The molecule has 0 spiro atoms. The zero-order valence-electron chi connectivity index (χ0n) is 34.8. The Balaban J connectivity index is 0.000000102. The average Bonchev–Trinajstić information content (AvgIpc) is 4.00. The van der Waals surface area contributed by atoms with Gasteiger partial charge in [0, 0.05) is 25.2 Å². The van der Waals surface area contributed by atoms with Gasteiger partial charge in [0.15, 0.2) is 19.7 Å². The SMILES string of the molecule is O=S1(=O)CC2CC3CC1C2O3.O=S1(=O)CC2CC3CC2C1C3.O=S1(=O)CCCC1.O=S1(=O)CCCO1.O=S1(=O)OC2CC3CC1(C(F)(F)F)C2O3.O=S1(=O)OC2CC3OC2C1C3C(F)(F)F. The van der Waals surface area contributed by atoms with Gasteiger partial charge in [-0.25, -0.2) is 25.3 Å². The van der Waals surface area contributed by atoms with Crippen LogP contribution < -0.4 is 0 Å². The summed E-state index contributed by atoms with van der Waals surface area (Å²) < 4.78 is 235. The highest BCUT2D eigenvalue weighted by Crippen LogP contribution is 2.61. The van der Waals surface area contributed by atoms with Gasteiger partial charge in [-0.3, -0.25) is 12.5 Å². The van der Waals surface area contributed by atoms with Crippen LogP contribution >= 0.6 is 0 Å². The lowest BCUT2D eigenvalue weighted by Gasteiger charge is -2.28. The minimum Gasteiger partial charge on any atom is -0.373 e. The van der Waals surface area contributed by atoms with E-state index in [1.165, 1.54) is 12.8 Å². The first kappa shape index (κ1) is 50.0. The van der Waals surface area contributed by atoms with Crippen molar-refractivity contribution >= 4 is 59.9 Å². The van der Waals surface area contributed by atoms with Crippen LogP contribution in [0.4, 0.5) is 26.3 Å². The Hall–Kier alpha value is -0.960. The van der Waals surface area contributed by atoms with Crippen molar-refractivity contribution in [1.29, 1.82) is 0 Å². The summed E-state index contributed by atoms with van der Waals surface area (Å²) in [6.07, 6.45) is -7.37. The first-order valence-corrected chi connectivity index (χ1v) is 31.5. The van der Waals surface area contributed by atoms with Crippen molar-refractivity contribution in [1.82, 2.24) is 0 Å². The molecule has 12 saturated heterocycles. The van der Waals surface area contributed by atoms with E-state index >= 15 is 0 Å². The van der Waals surface area contributed by atoms with E-state index in [0.717, 1.165) is 38.0 Å². The summed E-state index contributed by atoms with van der Waals surface area (Å²) in [6.45, 7) is 0.377. The molecule has 0 aromatic rings.